The van der Waals surface area contributed by atoms with Crippen LogP contribution in [-0.2, 0) is 9.53 Å². The van der Waals surface area contributed by atoms with Gasteiger partial charge in [-0.2, -0.15) is 4.98 Å². The van der Waals surface area contributed by atoms with Gasteiger partial charge in [0.2, 0.25) is 11.8 Å². The molecule has 0 aromatic carbocycles. The third-order valence-electron chi connectivity index (χ3n) is 3.21. The summed E-state index contributed by atoms with van der Waals surface area (Å²) in [5.41, 5.74) is 0.516. The molecule has 0 saturated carbocycles. The number of methoxy groups -OCH3 is 2. The minimum atomic E-state index is -0.933. The minimum Gasteiger partial charge on any atom is -0.481 e. The zero-order valence-electron chi connectivity index (χ0n) is 11.5. The predicted octanol–water partition coefficient (Wildman–Crippen LogP) is 0.557. The second-order valence-corrected chi connectivity index (χ2v) is 4.34. The second kappa shape index (κ2) is 6.53. The van der Waals surface area contributed by atoms with Gasteiger partial charge in [0.25, 0.3) is 0 Å². The van der Waals surface area contributed by atoms with Crippen molar-refractivity contribution in [1.82, 2.24) is 9.88 Å². The van der Waals surface area contributed by atoms with Gasteiger partial charge in [-0.05, 0) is 6.07 Å². The molecular weight excluding hydrogens is 264 g/mol. The van der Waals surface area contributed by atoms with E-state index in [0.717, 1.165) is 0 Å². The smallest absolute Gasteiger partial charge is 0.325 e. The van der Waals surface area contributed by atoms with Crippen LogP contribution in [0, 0.1) is 0 Å². The number of hydrogen-bond donors (Lipinski definition) is 1. The fourth-order valence-corrected chi connectivity index (χ4v) is 2.24. The molecule has 1 aliphatic rings. The third-order valence-corrected chi connectivity index (χ3v) is 3.21. The lowest BCUT2D eigenvalue weighted by Gasteiger charge is -2.32. The highest BCUT2D eigenvalue weighted by Crippen LogP contribution is 2.30. The molecule has 1 fully saturated rings. The van der Waals surface area contributed by atoms with Crippen LogP contribution in [0.3, 0.4) is 0 Å². The molecule has 20 heavy (non-hydrogen) atoms. The number of morpholine rings is 1. The van der Waals surface area contributed by atoms with E-state index in [1.165, 1.54) is 14.2 Å². The van der Waals surface area contributed by atoms with Crippen LogP contribution < -0.4 is 9.47 Å². The first-order chi connectivity index (χ1) is 9.67. The average molecular weight is 282 g/mol. The van der Waals surface area contributed by atoms with E-state index < -0.39 is 12.0 Å². The molecule has 7 heteroatoms. The number of aliphatic carboxylic acids is 1. The van der Waals surface area contributed by atoms with Crippen LogP contribution in [0.2, 0.25) is 0 Å². The lowest BCUT2D eigenvalue weighted by molar-refractivity contribution is -0.145. The zero-order chi connectivity index (χ0) is 14.5. The summed E-state index contributed by atoms with van der Waals surface area (Å²) in [6.45, 7) is 2.17. The van der Waals surface area contributed by atoms with Crippen LogP contribution in [0.5, 0.6) is 11.8 Å². The summed E-state index contributed by atoms with van der Waals surface area (Å²) in [6, 6.07) is 2.51. The molecule has 2 heterocycles. The lowest BCUT2D eigenvalue weighted by atomic mass is 10.1. The molecule has 2 rings (SSSR count). The van der Waals surface area contributed by atoms with E-state index in [1.54, 1.807) is 12.1 Å². The van der Waals surface area contributed by atoms with Crippen molar-refractivity contribution < 1.29 is 24.1 Å². The Kier molecular flexibility index (Phi) is 4.75. The van der Waals surface area contributed by atoms with Crippen molar-refractivity contribution in [3.63, 3.8) is 0 Å². The molecule has 110 valence electrons. The summed E-state index contributed by atoms with van der Waals surface area (Å²) in [6.07, 6.45) is 0. The molecule has 1 aromatic heterocycles. The van der Waals surface area contributed by atoms with Gasteiger partial charge >= 0.3 is 5.97 Å². The fraction of sp³-hybridized carbons (Fsp3) is 0.538. The van der Waals surface area contributed by atoms with Crippen molar-refractivity contribution in [2.75, 3.05) is 40.5 Å². The first-order valence-corrected chi connectivity index (χ1v) is 6.31. The number of carbonyl (C=O) groups is 1. The monoisotopic (exact) mass is 282 g/mol. The Morgan fingerprint density at radius 2 is 2.05 bits per heavy atom. The van der Waals surface area contributed by atoms with Crippen LogP contribution in [0.1, 0.15) is 11.6 Å². The van der Waals surface area contributed by atoms with Crippen molar-refractivity contribution in [1.29, 1.82) is 0 Å². The van der Waals surface area contributed by atoms with Gasteiger partial charge in [-0.1, -0.05) is 0 Å². The van der Waals surface area contributed by atoms with E-state index in [-0.39, 0.29) is 5.88 Å². The van der Waals surface area contributed by atoms with E-state index in [0.29, 0.717) is 37.7 Å². The highest BCUT2D eigenvalue weighted by atomic mass is 16.5. The van der Waals surface area contributed by atoms with Crippen LogP contribution in [0.15, 0.2) is 12.1 Å². The maximum atomic E-state index is 11.6. The van der Waals surface area contributed by atoms with Gasteiger partial charge in [0, 0.05) is 24.7 Å². The highest BCUT2D eigenvalue weighted by Gasteiger charge is 2.31. The van der Waals surface area contributed by atoms with Gasteiger partial charge < -0.3 is 19.3 Å². The van der Waals surface area contributed by atoms with E-state index in [9.17, 15) is 9.90 Å². The summed E-state index contributed by atoms with van der Waals surface area (Å²) in [4.78, 5) is 17.6. The number of carboxylic acid groups (broad SMARTS) is 1. The summed E-state index contributed by atoms with van der Waals surface area (Å²) in [5, 5.41) is 9.53. The molecule has 0 aliphatic carbocycles. The van der Waals surface area contributed by atoms with E-state index in [2.05, 4.69) is 4.98 Å². The number of nitrogens with zero attached hydrogens (tertiary/aromatic N) is 2. The molecule has 0 unspecified atom stereocenters. The second-order valence-electron chi connectivity index (χ2n) is 4.34. The van der Waals surface area contributed by atoms with Crippen molar-refractivity contribution in [2.24, 2.45) is 0 Å². The number of hydrogen-bond acceptors (Lipinski definition) is 6. The standard InChI is InChI=1S/C13H18N2O5/c1-18-10-4-3-9(12(14-10)19-2)11(13(16)17)15-5-7-20-8-6-15/h3-4,11H,5-8H2,1-2H3,(H,16,17)/t11-/m0/s1. The normalized spacial score (nSPS) is 17.5. The molecule has 0 amide bonds. The van der Waals surface area contributed by atoms with Gasteiger partial charge in [0.15, 0.2) is 0 Å². The van der Waals surface area contributed by atoms with Crippen molar-refractivity contribution >= 4 is 5.97 Å². The Bertz CT molecular complexity index is 474. The molecule has 1 aliphatic heterocycles. The van der Waals surface area contributed by atoms with Crippen molar-refractivity contribution in [3.05, 3.63) is 17.7 Å². The predicted molar refractivity (Wildman–Crippen MR) is 70.1 cm³/mol. The largest absolute Gasteiger partial charge is 0.481 e. The third kappa shape index (κ3) is 3.00. The molecule has 0 bridgehead atoms. The van der Waals surface area contributed by atoms with Gasteiger partial charge in [-0.15, -0.1) is 0 Å². The van der Waals surface area contributed by atoms with Gasteiger partial charge in [-0.25, -0.2) is 0 Å². The maximum Gasteiger partial charge on any atom is 0.325 e. The molecule has 1 aromatic rings. The Morgan fingerprint density at radius 3 is 2.60 bits per heavy atom. The van der Waals surface area contributed by atoms with E-state index in [4.69, 9.17) is 14.2 Å². The Labute approximate surface area is 117 Å². The number of carboxylic acids is 1. The molecule has 1 N–H and O–H groups in total. The quantitative estimate of drug-likeness (QED) is 0.844. The molecule has 1 atom stereocenters. The Morgan fingerprint density at radius 1 is 1.35 bits per heavy atom. The summed E-state index contributed by atoms with van der Waals surface area (Å²) >= 11 is 0. The SMILES string of the molecule is COc1ccc([C@@H](C(=O)O)N2CCOCC2)c(OC)n1. The Balaban J connectivity index is 2.35. The molecule has 1 saturated heterocycles. The minimum absolute atomic E-state index is 0.267. The van der Waals surface area contributed by atoms with Crippen molar-refractivity contribution in [2.45, 2.75) is 6.04 Å². The van der Waals surface area contributed by atoms with Crippen LogP contribution in [0.25, 0.3) is 0 Å². The van der Waals surface area contributed by atoms with Crippen molar-refractivity contribution in [3.8, 4) is 11.8 Å². The number of ether oxygens (including phenoxy) is 3. The lowest BCUT2D eigenvalue weighted by Crippen LogP contribution is -2.42. The summed E-state index contributed by atoms with van der Waals surface area (Å²) in [5.74, 6) is -0.280. The molecule has 7 nitrogen and oxygen atoms in total. The van der Waals surface area contributed by atoms with Crippen LogP contribution >= 0.6 is 0 Å². The Hall–Kier alpha value is -1.86. The highest BCUT2D eigenvalue weighted by molar-refractivity contribution is 5.76. The van der Waals surface area contributed by atoms with E-state index >= 15 is 0 Å². The van der Waals surface area contributed by atoms with Crippen LogP contribution in [0.4, 0.5) is 0 Å². The average Bonchev–Trinajstić information content (AvgIpc) is 2.48. The molecule has 0 spiro atoms. The van der Waals surface area contributed by atoms with Gasteiger partial charge in [0.05, 0.1) is 27.4 Å². The zero-order valence-corrected chi connectivity index (χ0v) is 11.5. The maximum absolute atomic E-state index is 11.6. The fourth-order valence-electron chi connectivity index (χ4n) is 2.24. The van der Waals surface area contributed by atoms with E-state index in [1.807, 2.05) is 4.90 Å². The molecular formula is C13H18N2O5. The first kappa shape index (κ1) is 14.5. The first-order valence-electron chi connectivity index (χ1n) is 6.31. The number of aromatic nitrogens is 1. The van der Waals surface area contributed by atoms with Gasteiger partial charge in [0.1, 0.15) is 6.04 Å². The summed E-state index contributed by atoms with van der Waals surface area (Å²) in [7, 11) is 2.96. The topological polar surface area (TPSA) is 81.1 Å². The summed E-state index contributed by atoms with van der Waals surface area (Å²) < 4.78 is 15.5. The number of pyridine rings is 1. The van der Waals surface area contributed by atoms with Crippen LogP contribution in [-0.4, -0.2) is 61.5 Å². The van der Waals surface area contributed by atoms with Gasteiger partial charge in [-0.3, -0.25) is 9.69 Å². The molecule has 0 radical (unpaired) electrons. The number of rotatable bonds is 5.